The average molecular weight is 469 g/mol. The van der Waals surface area contributed by atoms with E-state index < -0.39 is 0 Å². The van der Waals surface area contributed by atoms with Gasteiger partial charge in [-0.05, 0) is 64.1 Å². The van der Waals surface area contributed by atoms with Crippen LogP contribution in [0.25, 0.3) is 0 Å². The normalized spacial score (nSPS) is 8.88. The van der Waals surface area contributed by atoms with E-state index in [1.54, 1.807) is 34.5 Å². The Labute approximate surface area is 198 Å². The Morgan fingerprint density at radius 2 is 1.24 bits per heavy atom. The first-order valence-corrected chi connectivity index (χ1v) is 10.0. The molecule has 0 saturated heterocycles. The second-order valence-electron chi connectivity index (χ2n) is 7.18. The van der Waals surface area contributed by atoms with Crippen molar-refractivity contribution in [3.63, 3.8) is 0 Å². The third kappa shape index (κ3) is 23.2. The zero-order chi connectivity index (χ0) is 25.5. The van der Waals surface area contributed by atoms with Crippen LogP contribution in [0.1, 0.15) is 80.9 Å². The average Bonchev–Trinajstić information content (AvgIpc) is 3.55. The fourth-order valence-corrected chi connectivity index (χ4v) is 1.48. The maximum Gasteiger partial charge on any atom is 0.138 e. The summed E-state index contributed by atoms with van der Waals surface area (Å²) in [7, 11) is 0. The number of nitrogens with zero attached hydrogens (tertiary/aromatic N) is 9. The summed E-state index contributed by atoms with van der Waals surface area (Å²) < 4.78 is 5.42. The lowest BCUT2D eigenvalue weighted by atomic mass is 10.4. The molecule has 2 N–H and O–H groups in total. The molecule has 0 unspecified atom stereocenters. The topological polar surface area (TPSA) is 152 Å². The first-order valence-electron chi connectivity index (χ1n) is 10.0. The van der Waals surface area contributed by atoms with E-state index in [2.05, 4.69) is 58.4 Å². The van der Waals surface area contributed by atoms with Crippen LogP contribution in [0.4, 0.5) is 0 Å². The maximum atomic E-state index is 8.00. The van der Waals surface area contributed by atoms with Gasteiger partial charge < -0.3 is 15.3 Å². The van der Waals surface area contributed by atoms with E-state index in [9.17, 15) is 0 Å². The van der Waals surface area contributed by atoms with E-state index in [1.807, 2.05) is 58.2 Å². The van der Waals surface area contributed by atoms with Crippen molar-refractivity contribution in [2.24, 2.45) is 5.73 Å². The van der Waals surface area contributed by atoms with Gasteiger partial charge >= 0.3 is 0 Å². The van der Waals surface area contributed by atoms with Crippen LogP contribution < -0.4 is 5.73 Å². The fourth-order valence-electron chi connectivity index (χ4n) is 1.48. The molecule has 0 atom stereocenters. The molecule has 3 aromatic rings. The summed E-state index contributed by atoms with van der Waals surface area (Å²) >= 11 is 0. The standard InChI is InChI=1S/C6H10N2.C5H9N3.C4H8N4.C3H9N.2CH2O.CH4/c1-6(2)8-5-3-4-7-8;1-5(2)8-4-6-3-7-8;1-4(2)8-3-5-6-7-8;1-3(2)4;2*1-2;/h3-6H,1-2H3;3-5H,1-2H3;3-4H,1-2H3;3H,4H2,1-2H3;2*1H2;1H4. The van der Waals surface area contributed by atoms with Gasteiger partial charge in [-0.1, -0.05) is 21.3 Å². The monoisotopic (exact) mass is 468 g/mol. The zero-order valence-corrected chi connectivity index (χ0v) is 20.6. The highest BCUT2D eigenvalue weighted by Crippen LogP contribution is 1.98. The quantitative estimate of drug-likeness (QED) is 0.610. The highest BCUT2D eigenvalue weighted by atomic mass is 16.1. The van der Waals surface area contributed by atoms with Crippen molar-refractivity contribution < 1.29 is 9.59 Å². The molecule has 0 aliphatic rings. The third-order valence-electron chi connectivity index (χ3n) is 2.91. The van der Waals surface area contributed by atoms with Gasteiger partial charge in [-0.2, -0.15) is 10.2 Å². The molecule has 0 amide bonds. The molecule has 3 aromatic heterocycles. The minimum absolute atomic E-state index is 0. The van der Waals surface area contributed by atoms with Gasteiger partial charge in [0.1, 0.15) is 32.6 Å². The van der Waals surface area contributed by atoms with Gasteiger partial charge in [0, 0.05) is 30.5 Å². The lowest BCUT2D eigenvalue weighted by Gasteiger charge is -2.01. The van der Waals surface area contributed by atoms with E-state index in [1.165, 1.54) is 0 Å². The summed E-state index contributed by atoms with van der Waals surface area (Å²) in [5.41, 5.74) is 5.11. The summed E-state index contributed by atoms with van der Waals surface area (Å²) in [5, 5.41) is 18.6. The third-order valence-corrected chi connectivity index (χ3v) is 2.91. The van der Waals surface area contributed by atoms with Crippen molar-refractivity contribution in [3.05, 3.63) is 37.4 Å². The van der Waals surface area contributed by atoms with Gasteiger partial charge in [0.2, 0.25) is 0 Å². The number of hydrogen-bond donors (Lipinski definition) is 1. The molecule has 3 rings (SSSR count). The molecule has 0 bridgehead atoms. The van der Waals surface area contributed by atoms with Crippen LogP contribution in [0.15, 0.2) is 37.4 Å². The Bertz CT molecular complexity index is 602. The predicted octanol–water partition coefficient (Wildman–Crippen LogP) is 3.20. The second kappa shape index (κ2) is 25.0. The van der Waals surface area contributed by atoms with E-state index in [0.29, 0.717) is 24.2 Å². The van der Waals surface area contributed by atoms with E-state index >= 15 is 0 Å². The Balaban J connectivity index is -0.000000164. The molecule has 0 aliphatic heterocycles. The van der Waals surface area contributed by atoms with Gasteiger partial charge in [0.05, 0.1) is 0 Å². The van der Waals surface area contributed by atoms with E-state index in [4.69, 9.17) is 15.3 Å². The van der Waals surface area contributed by atoms with Crippen molar-refractivity contribution in [2.75, 3.05) is 0 Å². The number of rotatable bonds is 3. The van der Waals surface area contributed by atoms with Gasteiger partial charge in [-0.25, -0.2) is 9.67 Å². The van der Waals surface area contributed by atoms with Crippen LogP contribution >= 0.6 is 0 Å². The van der Waals surface area contributed by atoms with Crippen LogP contribution in [-0.4, -0.2) is 64.4 Å². The van der Waals surface area contributed by atoms with E-state index in [0.717, 1.165) is 0 Å². The van der Waals surface area contributed by atoms with Crippen molar-refractivity contribution in [1.29, 1.82) is 0 Å². The smallest absolute Gasteiger partial charge is 0.138 e. The number of hydrogen-bond acceptors (Lipinski definition) is 9. The zero-order valence-electron chi connectivity index (χ0n) is 20.6. The molecule has 0 radical (unpaired) electrons. The summed E-state index contributed by atoms with van der Waals surface area (Å²) in [4.78, 5) is 19.8. The van der Waals surface area contributed by atoms with Crippen LogP contribution in [0.3, 0.4) is 0 Å². The summed E-state index contributed by atoms with van der Waals surface area (Å²) in [6.45, 7) is 20.3. The minimum Gasteiger partial charge on any atom is -0.328 e. The van der Waals surface area contributed by atoms with Crippen LogP contribution in [0.2, 0.25) is 0 Å². The molecule has 0 saturated carbocycles. The number of aromatic nitrogens is 9. The van der Waals surface area contributed by atoms with Gasteiger partial charge in [-0.3, -0.25) is 9.36 Å². The Morgan fingerprint density at radius 1 is 0.758 bits per heavy atom. The molecule has 12 heteroatoms. The largest absolute Gasteiger partial charge is 0.328 e. The van der Waals surface area contributed by atoms with Crippen molar-refractivity contribution >= 4 is 13.6 Å². The maximum absolute atomic E-state index is 8.00. The second-order valence-corrected chi connectivity index (χ2v) is 7.18. The van der Waals surface area contributed by atoms with Gasteiger partial charge in [-0.15, -0.1) is 5.10 Å². The SMILES string of the molecule is C.C=O.C=O.CC(C)N.CC(C)n1cccn1.CC(C)n1cncn1.CC(C)n1cnnn1. The summed E-state index contributed by atoms with van der Waals surface area (Å²) in [5.74, 6) is 0. The number of nitrogens with two attached hydrogens (primary N) is 1. The summed E-state index contributed by atoms with van der Waals surface area (Å²) in [6.07, 6.45) is 8.61. The number of carbonyl (C=O) groups is 2. The Hall–Kier alpha value is -3.28. The van der Waals surface area contributed by atoms with Crippen LogP contribution in [0, 0.1) is 0 Å². The highest BCUT2D eigenvalue weighted by Gasteiger charge is 1.94. The molecular formula is C21H44N10O2. The Kier molecular flexibility index (Phi) is 28.1. The predicted molar refractivity (Wildman–Crippen MR) is 132 cm³/mol. The minimum atomic E-state index is 0. The molecule has 190 valence electrons. The molecule has 0 aromatic carbocycles. The molecule has 3 heterocycles. The first kappa shape index (κ1) is 37.1. The number of carbonyl (C=O) groups excluding carboxylic acids is 2. The molecule has 0 aliphatic carbocycles. The molecule has 33 heavy (non-hydrogen) atoms. The van der Waals surface area contributed by atoms with Crippen molar-refractivity contribution in [3.8, 4) is 0 Å². The molecular weight excluding hydrogens is 424 g/mol. The summed E-state index contributed by atoms with van der Waals surface area (Å²) in [6, 6.07) is 3.55. The lowest BCUT2D eigenvalue weighted by molar-refractivity contribution is -0.0987. The number of tetrazole rings is 1. The van der Waals surface area contributed by atoms with Crippen LogP contribution in [-0.2, 0) is 9.59 Å². The molecule has 0 spiro atoms. The van der Waals surface area contributed by atoms with Crippen LogP contribution in [0.5, 0.6) is 0 Å². The van der Waals surface area contributed by atoms with Crippen molar-refractivity contribution in [1.82, 2.24) is 44.8 Å². The van der Waals surface area contributed by atoms with Gasteiger partial charge in [0.25, 0.3) is 0 Å². The van der Waals surface area contributed by atoms with Crippen molar-refractivity contribution in [2.45, 2.75) is 87.0 Å². The molecule has 12 nitrogen and oxygen atoms in total. The molecule has 0 fully saturated rings. The first-order chi connectivity index (χ1) is 15.1. The van der Waals surface area contributed by atoms with E-state index in [-0.39, 0.29) is 7.43 Å². The lowest BCUT2D eigenvalue weighted by Crippen LogP contribution is -2.06. The Morgan fingerprint density at radius 3 is 1.42 bits per heavy atom. The highest BCUT2D eigenvalue weighted by molar-refractivity contribution is 5.11. The van der Waals surface area contributed by atoms with Gasteiger partial charge in [0.15, 0.2) is 0 Å². The fraction of sp³-hybridized carbons (Fsp3) is 0.619.